The standard InChI is InChI=1S/C20H28N4O4/c1-12-4-5-17(13(2)21-12)27-18-7-15-9-24(8-14(15)6-16(18)25)10-20-22-19(11-26-3)23-28-20/h4-5,14-16,18,25H,6-11H2,1-3H3/t14-,15+,16+,18+/m0/s1. The van der Waals surface area contributed by atoms with Crippen molar-refractivity contribution in [2.45, 2.75) is 52.0 Å². The van der Waals surface area contributed by atoms with Crippen LogP contribution >= 0.6 is 0 Å². The van der Waals surface area contributed by atoms with Gasteiger partial charge in [-0.15, -0.1) is 0 Å². The van der Waals surface area contributed by atoms with Crippen LogP contribution in [0.5, 0.6) is 5.75 Å². The number of aryl methyl sites for hydroxylation is 2. The predicted molar refractivity (Wildman–Crippen MR) is 101 cm³/mol. The molecule has 1 saturated heterocycles. The quantitative estimate of drug-likeness (QED) is 0.802. The number of pyridine rings is 1. The van der Waals surface area contributed by atoms with E-state index in [0.717, 1.165) is 43.1 Å². The summed E-state index contributed by atoms with van der Waals surface area (Å²) in [5.41, 5.74) is 1.83. The lowest BCUT2D eigenvalue weighted by Gasteiger charge is -2.35. The molecule has 1 saturated carbocycles. The summed E-state index contributed by atoms with van der Waals surface area (Å²) in [7, 11) is 1.61. The average molecular weight is 388 g/mol. The van der Waals surface area contributed by atoms with E-state index in [-0.39, 0.29) is 6.10 Å². The van der Waals surface area contributed by atoms with Crippen LogP contribution in [0.15, 0.2) is 16.7 Å². The summed E-state index contributed by atoms with van der Waals surface area (Å²) in [6.07, 6.45) is 0.942. The highest BCUT2D eigenvalue weighted by Gasteiger charge is 2.43. The Morgan fingerprint density at radius 2 is 1.96 bits per heavy atom. The van der Waals surface area contributed by atoms with E-state index in [2.05, 4.69) is 20.0 Å². The second-order valence-electron chi connectivity index (χ2n) is 7.98. The minimum Gasteiger partial charge on any atom is -0.486 e. The number of aliphatic hydroxyl groups is 1. The van der Waals surface area contributed by atoms with E-state index in [1.807, 2.05) is 26.0 Å². The molecule has 0 unspecified atom stereocenters. The highest BCUT2D eigenvalue weighted by atomic mass is 16.5. The summed E-state index contributed by atoms with van der Waals surface area (Å²) >= 11 is 0. The average Bonchev–Trinajstić information content (AvgIpc) is 3.24. The molecule has 2 aromatic rings. The van der Waals surface area contributed by atoms with E-state index in [0.29, 0.717) is 36.7 Å². The van der Waals surface area contributed by atoms with Gasteiger partial charge in [-0.25, -0.2) is 0 Å². The van der Waals surface area contributed by atoms with Crippen molar-refractivity contribution in [1.82, 2.24) is 20.0 Å². The normalized spacial score (nSPS) is 27.7. The number of likely N-dealkylation sites (tertiary alicyclic amines) is 1. The molecular weight excluding hydrogens is 360 g/mol. The van der Waals surface area contributed by atoms with E-state index in [1.54, 1.807) is 7.11 Å². The topological polar surface area (TPSA) is 93.7 Å². The van der Waals surface area contributed by atoms with Crippen LogP contribution in [-0.2, 0) is 17.9 Å². The molecule has 8 nitrogen and oxygen atoms in total. The van der Waals surface area contributed by atoms with Crippen LogP contribution in [0.4, 0.5) is 0 Å². The van der Waals surface area contributed by atoms with E-state index in [4.69, 9.17) is 14.0 Å². The van der Waals surface area contributed by atoms with Crippen LogP contribution in [0, 0.1) is 25.7 Å². The van der Waals surface area contributed by atoms with Gasteiger partial charge < -0.3 is 19.1 Å². The van der Waals surface area contributed by atoms with E-state index in [9.17, 15) is 5.11 Å². The van der Waals surface area contributed by atoms with E-state index in [1.165, 1.54) is 0 Å². The molecule has 28 heavy (non-hydrogen) atoms. The Hall–Kier alpha value is -2.03. The first-order valence-electron chi connectivity index (χ1n) is 9.83. The molecule has 2 fully saturated rings. The van der Waals surface area contributed by atoms with E-state index >= 15 is 0 Å². The van der Waals surface area contributed by atoms with E-state index < -0.39 is 6.10 Å². The fraction of sp³-hybridized carbons (Fsp3) is 0.650. The maximum absolute atomic E-state index is 10.6. The van der Waals surface area contributed by atoms with Crippen molar-refractivity contribution in [2.24, 2.45) is 11.8 Å². The number of fused-ring (bicyclic) bond motifs is 1. The van der Waals surface area contributed by atoms with Crippen molar-refractivity contribution in [1.29, 1.82) is 0 Å². The summed E-state index contributed by atoms with van der Waals surface area (Å²) in [6.45, 7) is 6.77. The molecule has 1 aliphatic heterocycles. The van der Waals surface area contributed by atoms with Gasteiger partial charge in [-0.2, -0.15) is 4.98 Å². The lowest BCUT2D eigenvalue weighted by atomic mass is 9.78. The Morgan fingerprint density at radius 1 is 1.18 bits per heavy atom. The van der Waals surface area contributed by atoms with Crippen LogP contribution in [0.1, 0.15) is 35.9 Å². The Kier molecular flexibility index (Phi) is 5.61. The summed E-state index contributed by atoms with van der Waals surface area (Å²) in [4.78, 5) is 11.1. The molecule has 152 valence electrons. The molecule has 0 amide bonds. The van der Waals surface area contributed by atoms with Gasteiger partial charge in [-0.05, 0) is 50.7 Å². The maximum Gasteiger partial charge on any atom is 0.240 e. The molecule has 3 heterocycles. The fourth-order valence-corrected chi connectivity index (χ4v) is 4.44. The minimum atomic E-state index is -0.460. The van der Waals surface area contributed by atoms with Crippen molar-refractivity contribution in [3.05, 3.63) is 35.2 Å². The minimum absolute atomic E-state index is 0.193. The highest BCUT2D eigenvalue weighted by Crippen LogP contribution is 2.38. The van der Waals surface area contributed by atoms with Gasteiger partial charge in [0.1, 0.15) is 18.5 Å². The second kappa shape index (κ2) is 8.14. The molecule has 8 heteroatoms. The fourth-order valence-electron chi connectivity index (χ4n) is 4.44. The van der Waals surface area contributed by atoms with Gasteiger partial charge >= 0.3 is 0 Å². The molecule has 0 aromatic carbocycles. The van der Waals surface area contributed by atoms with Crippen molar-refractivity contribution in [3.8, 4) is 5.75 Å². The molecular formula is C20H28N4O4. The molecule has 0 spiro atoms. The first kappa shape index (κ1) is 19.3. The van der Waals surface area contributed by atoms with Gasteiger partial charge in [0.2, 0.25) is 5.89 Å². The third-order valence-corrected chi connectivity index (χ3v) is 5.76. The second-order valence-corrected chi connectivity index (χ2v) is 7.98. The smallest absolute Gasteiger partial charge is 0.240 e. The monoisotopic (exact) mass is 388 g/mol. The van der Waals surface area contributed by atoms with Gasteiger partial charge in [-0.3, -0.25) is 9.88 Å². The molecule has 2 aliphatic rings. The molecule has 4 rings (SSSR count). The zero-order valence-corrected chi connectivity index (χ0v) is 16.7. The first-order valence-corrected chi connectivity index (χ1v) is 9.83. The Labute approximate surface area is 164 Å². The number of nitrogens with zero attached hydrogens (tertiary/aromatic N) is 4. The van der Waals surface area contributed by atoms with Crippen LogP contribution in [0.3, 0.4) is 0 Å². The molecule has 1 aliphatic carbocycles. The third-order valence-electron chi connectivity index (χ3n) is 5.76. The number of hydrogen-bond acceptors (Lipinski definition) is 8. The Bertz CT molecular complexity index is 811. The molecule has 1 N–H and O–H groups in total. The lowest BCUT2D eigenvalue weighted by Crippen LogP contribution is -2.42. The Balaban J connectivity index is 1.36. The maximum atomic E-state index is 10.6. The van der Waals surface area contributed by atoms with Gasteiger partial charge in [0, 0.05) is 25.9 Å². The zero-order valence-electron chi connectivity index (χ0n) is 16.7. The van der Waals surface area contributed by atoms with Crippen molar-refractivity contribution in [2.75, 3.05) is 20.2 Å². The number of aliphatic hydroxyl groups excluding tert-OH is 1. The number of methoxy groups -OCH3 is 1. The predicted octanol–water partition coefficient (Wildman–Crippen LogP) is 1.88. The zero-order chi connectivity index (χ0) is 19.7. The van der Waals surface area contributed by atoms with Gasteiger partial charge in [-0.1, -0.05) is 5.16 Å². The summed E-state index contributed by atoms with van der Waals surface area (Å²) in [6, 6.07) is 3.89. The number of aromatic nitrogens is 3. The number of rotatable bonds is 6. The van der Waals surface area contributed by atoms with Gasteiger partial charge in [0.25, 0.3) is 0 Å². The summed E-state index contributed by atoms with van der Waals surface area (Å²) in [5.74, 6) is 2.90. The molecule has 2 aromatic heterocycles. The van der Waals surface area contributed by atoms with Gasteiger partial charge in [0.05, 0.1) is 18.3 Å². The van der Waals surface area contributed by atoms with Crippen LogP contribution in [-0.4, -0.2) is 57.5 Å². The van der Waals surface area contributed by atoms with Crippen molar-refractivity contribution in [3.63, 3.8) is 0 Å². The van der Waals surface area contributed by atoms with Gasteiger partial charge in [0.15, 0.2) is 5.82 Å². The van der Waals surface area contributed by atoms with Crippen LogP contribution in [0.25, 0.3) is 0 Å². The summed E-state index contributed by atoms with van der Waals surface area (Å²) < 4.78 is 16.5. The van der Waals surface area contributed by atoms with Crippen LogP contribution in [0.2, 0.25) is 0 Å². The molecule has 4 atom stereocenters. The SMILES string of the molecule is COCc1noc(CN2C[C@H]3C[C@@H](Oc4ccc(C)nc4C)[C@H](O)C[C@H]3C2)n1. The van der Waals surface area contributed by atoms with Crippen LogP contribution < -0.4 is 4.74 Å². The largest absolute Gasteiger partial charge is 0.486 e. The molecule has 0 radical (unpaired) electrons. The van der Waals surface area contributed by atoms with Crippen molar-refractivity contribution >= 4 is 0 Å². The third kappa shape index (κ3) is 4.19. The lowest BCUT2D eigenvalue weighted by molar-refractivity contribution is -0.0236. The Morgan fingerprint density at radius 3 is 2.71 bits per heavy atom. The highest BCUT2D eigenvalue weighted by molar-refractivity contribution is 5.28. The first-order chi connectivity index (χ1) is 13.5. The van der Waals surface area contributed by atoms with Crippen molar-refractivity contribution < 1.29 is 19.1 Å². The number of ether oxygens (including phenoxy) is 2. The number of hydrogen-bond donors (Lipinski definition) is 1. The summed E-state index contributed by atoms with van der Waals surface area (Å²) in [5, 5.41) is 14.6. The molecule has 0 bridgehead atoms.